The zero-order valence-corrected chi connectivity index (χ0v) is 17.7. The molecular formula is C18H29ClN4O4S. The second-order valence-corrected chi connectivity index (χ2v) is 8.50. The van der Waals surface area contributed by atoms with Crippen LogP contribution in [0.3, 0.4) is 0 Å². The van der Waals surface area contributed by atoms with Gasteiger partial charge >= 0.3 is 0 Å². The Morgan fingerprint density at radius 2 is 1.93 bits per heavy atom. The third-order valence-electron chi connectivity index (χ3n) is 4.72. The maximum absolute atomic E-state index is 12.5. The summed E-state index contributed by atoms with van der Waals surface area (Å²) in [6, 6.07) is 6.50. The Kier molecular flexibility index (Phi) is 9.88. The van der Waals surface area contributed by atoms with E-state index in [4.69, 9.17) is 5.73 Å². The normalized spacial score (nSPS) is 16.9. The van der Waals surface area contributed by atoms with E-state index in [2.05, 4.69) is 10.0 Å². The van der Waals surface area contributed by atoms with Crippen LogP contribution in [-0.2, 0) is 26.0 Å². The second kappa shape index (κ2) is 11.4. The first-order chi connectivity index (χ1) is 12.9. The topological polar surface area (TPSA) is 122 Å². The molecule has 0 saturated carbocycles. The molecule has 1 atom stereocenters. The van der Waals surface area contributed by atoms with Gasteiger partial charge in [0.2, 0.25) is 21.8 Å². The van der Waals surface area contributed by atoms with Crippen molar-refractivity contribution in [1.82, 2.24) is 14.9 Å². The van der Waals surface area contributed by atoms with E-state index >= 15 is 0 Å². The van der Waals surface area contributed by atoms with E-state index in [-0.39, 0.29) is 35.0 Å². The van der Waals surface area contributed by atoms with Crippen molar-refractivity contribution in [3.8, 4) is 0 Å². The highest BCUT2D eigenvalue weighted by molar-refractivity contribution is 7.89. The number of nitrogens with one attached hydrogen (secondary N) is 2. The van der Waals surface area contributed by atoms with E-state index in [0.717, 1.165) is 18.4 Å². The van der Waals surface area contributed by atoms with Crippen molar-refractivity contribution >= 4 is 34.2 Å². The summed E-state index contributed by atoms with van der Waals surface area (Å²) in [6.45, 7) is 1.95. The number of likely N-dealkylation sites (tertiary alicyclic amines) is 1. The molecule has 1 aromatic rings. The Morgan fingerprint density at radius 1 is 1.25 bits per heavy atom. The van der Waals surface area contributed by atoms with Crippen LogP contribution in [0, 0.1) is 5.92 Å². The first-order valence-corrected chi connectivity index (χ1v) is 10.6. The van der Waals surface area contributed by atoms with Crippen LogP contribution < -0.4 is 15.8 Å². The van der Waals surface area contributed by atoms with Crippen molar-refractivity contribution in [3.63, 3.8) is 0 Å². The summed E-state index contributed by atoms with van der Waals surface area (Å²) < 4.78 is 25.7. The van der Waals surface area contributed by atoms with Crippen LogP contribution in [0.1, 0.15) is 24.8 Å². The number of rotatable bonds is 8. The Hall–Kier alpha value is -1.68. The summed E-state index contributed by atoms with van der Waals surface area (Å²) in [5.74, 6) is -0.210. The Bertz CT molecular complexity index is 755. The lowest BCUT2D eigenvalue weighted by Gasteiger charge is -2.32. The van der Waals surface area contributed by atoms with Crippen LogP contribution in [0.25, 0.3) is 0 Å². The van der Waals surface area contributed by atoms with Gasteiger partial charge in [0.05, 0.1) is 10.8 Å². The third kappa shape index (κ3) is 6.73. The fourth-order valence-corrected chi connectivity index (χ4v) is 3.85. The van der Waals surface area contributed by atoms with Crippen molar-refractivity contribution in [2.24, 2.45) is 11.7 Å². The van der Waals surface area contributed by atoms with Gasteiger partial charge in [-0.25, -0.2) is 13.1 Å². The van der Waals surface area contributed by atoms with Crippen molar-refractivity contribution < 1.29 is 18.0 Å². The molecule has 0 radical (unpaired) electrons. The third-order valence-corrected chi connectivity index (χ3v) is 6.15. The number of hydrogen-bond donors (Lipinski definition) is 3. The fourth-order valence-electron chi connectivity index (χ4n) is 3.12. The zero-order chi connectivity index (χ0) is 19.9. The maximum atomic E-state index is 12.5. The smallest absolute Gasteiger partial charge is 0.240 e. The first kappa shape index (κ1) is 24.4. The number of halogens is 1. The monoisotopic (exact) mass is 432 g/mol. The minimum atomic E-state index is -3.46. The van der Waals surface area contributed by atoms with Gasteiger partial charge < -0.3 is 16.0 Å². The molecule has 158 valence electrons. The summed E-state index contributed by atoms with van der Waals surface area (Å²) in [6.07, 6.45) is 2.44. The van der Waals surface area contributed by atoms with Crippen LogP contribution in [0.4, 0.5) is 0 Å². The molecule has 1 saturated heterocycles. The lowest BCUT2D eigenvalue weighted by molar-refractivity contribution is -0.135. The predicted molar refractivity (Wildman–Crippen MR) is 110 cm³/mol. The zero-order valence-electron chi connectivity index (χ0n) is 16.0. The number of carbonyl (C=O) groups is 2. The molecule has 1 aliphatic rings. The van der Waals surface area contributed by atoms with Gasteiger partial charge in [-0.3, -0.25) is 9.59 Å². The van der Waals surface area contributed by atoms with E-state index in [9.17, 15) is 18.0 Å². The summed E-state index contributed by atoms with van der Waals surface area (Å²) >= 11 is 0. The lowest BCUT2D eigenvalue weighted by atomic mass is 9.96. The van der Waals surface area contributed by atoms with Crippen LogP contribution in [-0.4, -0.2) is 58.4 Å². The van der Waals surface area contributed by atoms with E-state index < -0.39 is 10.0 Å². The molecule has 2 rings (SSSR count). The quantitative estimate of drug-likeness (QED) is 0.544. The van der Waals surface area contributed by atoms with Crippen LogP contribution >= 0.6 is 12.4 Å². The van der Waals surface area contributed by atoms with Crippen LogP contribution in [0.5, 0.6) is 0 Å². The second-order valence-electron chi connectivity index (χ2n) is 6.61. The van der Waals surface area contributed by atoms with Gasteiger partial charge in [-0.1, -0.05) is 12.1 Å². The number of benzene rings is 1. The van der Waals surface area contributed by atoms with Crippen molar-refractivity contribution in [2.45, 2.75) is 30.6 Å². The number of nitrogens with zero attached hydrogens (tertiary/aromatic N) is 1. The molecule has 0 bridgehead atoms. The van der Waals surface area contributed by atoms with E-state index in [0.29, 0.717) is 39.0 Å². The molecule has 0 aromatic heterocycles. The van der Waals surface area contributed by atoms with Gasteiger partial charge in [-0.15, -0.1) is 12.4 Å². The average Bonchev–Trinajstić information content (AvgIpc) is 2.70. The van der Waals surface area contributed by atoms with Gasteiger partial charge in [0.15, 0.2) is 0 Å². The highest BCUT2D eigenvalue weighted by Gasteiger charge is 2.27. The van der Waals surface area contributed by atoms with Crippen molar-refractivity contribution in [3.05, 3.63) is 29.8 Å². The summed E-state index contributed by atoms with van der Waals surface area (Å²) in [5, 5.41) is 2.79. The Morgan fingerprint density at radius 3 is 2.54 bits per heavy atom. The number of piperidine rings is 1. The highest BCUT2D eigenvalue weighted by atomic mass is 35.5. The number of hydrogen-bond acceptors (Lipinski definition) is 5. The molecule has 1 aliphatic heterocycles. The fraction of sp³-hybridized carbons (Fsp3) is 0.556. The summed E-state index contributed by atoms with van der Waals surface area (Å²) in [4.78, 5) is 26.5. The molecular weight excluding hydrogens is 404 g/mol. The minimum Gasteiger partial charge on any atom is -0.355 e. The van der Waals surface area contributed by atoms with Crippen LogP contribution in [0.2, 0.25) is 0 Å². The SMILES string of the molecule is CNS(=O)(=O)c1ccc(CCC(=O)N2CCCC(C(=O)NCCN)C2)cc1.Cl. The molecule has 1 unspecified atom stereocenters. The average molecular weight is 433 g/mol. The molecule has 0 spiro atoms. The van der Waals surface area contributed by atoms with Crippen molar-refractivity contribution in [2.75, 3.05) is 33.2 Å². The van der Waals surface area contributed by atoms with Gasteiger partial charge in [0, 0.05) is 32.6 Å². The molecule has 1 aromatic carbocycles. The van der Waals surface area contributed by atoms with Crippen molar-refractivity contribution in [1.29, 1.82) is 0 Å². The molecule has 8 nitrogen and oxygen atoms in total. The lowest BCUT2D eigenvalue weighted by Crippen LogP contribution is -2.46. The predicted octanol–water partition coefficient (Wildman–Crippen LogP) is 0.263. The summed E-state index contributed by atoms with van der Waals surface area (Å²) in [7, 11) is -2.09. The standard InChI is InChI=1S/C18H28N4O4S.ClH/c1-20-27(25,26)16-7-4-14(5-8-16)6-9-17(23)22-12-2-3-15(13-22)18(24)21-11-10-19;/h4-5,7-8,15,20H,2-3,6,9-13,19H2,1H3,(H,21,24);1H. The highest BCUT2D eigenvalue weighted by Crippen LogP contribution is 2.18. The van der Waals surface area contributed by atoms with E-state index in [1.165, 1.54) is 19.2 Å². The first-order valence-electron chi connectivity index (χ1n) is 9.15. The number of amides is 2. The minimum absolute atomic E-state index is 0. The van der Waals surface area contributed by atoms with Gasteiger partial charge in [0.1, 0.15) is 0 Å². The van der Waals surface area contributed by atoms with E-state index in [1.54, 1.807) is 17.0 Å². The van der Waals surface area contributed by atoms with Crippen LogP contribution in [0.15, 0.2) is 29.2 Å². The molecule has 1 heterocycles. The number of nitrogens with two attached hydrogens (primary N) is 1. The summed E-state index contributed by atoms with van der Waals surface area (Å²) in [5.41, 5.74) is 6.30. The number of aryl methyl sites for hydroxylation is 1. The van der Waals surface area contributed by atoms with Gasteiger partial charge in [-0.2, -0.15) is 0 Å². The van der Waals surface area contributed by atoms with Gasteiger partial charge in [-0.05, 0) is 44.0 Å². The molecule has 0 aliphatic carbocycles. The maximum Gasteiger partial charge on any atom is 0.240 e. The van der Waals surface area contributed by atoms with E-state index in [1.807, 2.05) is 0 Å². The molecule has 10 heteroatoms. The molecule has 28 heavy (non-hydrogen) atoms. The largest absolute Gasteiger partial charge is 0.355 e. The number of sulfonamides is 1. The molecule has 1 fully saturated rings. The Balaban J connectivity index is 0.00000392. The van der Waals surface area contributed by atoms with Gasteiger partial charge in [0.25, 0.3) is 0 Å². The Labute approximate surface area is 172 Å². The molecule has 4 N–H and O–H groups in total. The molecule has 2 amide bonds. The number of carbonyl (C=O) groups excluding carboxylic acids is 2.